The number of hydrogen-bond acceptors (Lipinski definition) is 8. The Morgan fingerprint density at radius 2 is 1.10 bits per heavy atom. The second-order valence-corrected chi connectivity index (χ2v) is 13.0. The third-order valence-corrected chi connectivity index (χ3v) is 8.74. The van der Waals surface area contributed by atoms with Gasteiger partial charge in [0.1, 0.15) is 38.6 Å². The Morgan fingerprint density at radius 3 is 1.63 bits per heavy atom. The topological polar surface area (TPSA) is 93.7 Å². The largest absolute Gasteiger partial charge is 0.487 e. The summed E-state index contributed by atoms with van der Waals surface area (Å²) >= 11 is 0. The average molecular weight is 706 g/mol. The SMILES string of the molecule is CCCCCCCCCCCCCCC(OC1COc2ccccc2OCCOCCOc2ccccc2OC1)C(=O)NOCc1ccccc1. The number of amides is 1. The Morgan fingerprint density at radius 1 is 0.627 bits per heavy atom. The molecule has 3 aromatic carbocycles. The molecule has 1 N–H and O–H groups in total. The van der Waals surface area contributed by atoms with Crippen LogP contribution in [0, 0.1) is 0 Å². The Hall–Kier alpha value is -3.79. The molecule has 0 aromatic heterocycles. The highest BCUT2D eigenvalue weighted by molar-refractivity contribution is 5.79. The summed E-state index contributed by atoms with van der Waals surface area (Å²) in [6.07, 6.45) is 14.1. The molecule has 1 amide bonds. The van der Waals surface area contributed by atoms with Crippen molar-refractivity contribution < 1.29 is 38.1 Å². The molecule has 1 aliphatic heterocycles. The fraction of sp³-hybridized carbons (Fsp3) is 0.548. The lowest BCUT2D eigenvalue weighted by Gasteiger charge is -2.25. The third kappa shape index (κ3) is 16.4. The third-order valence-electron chi connectivity index (χ3n) is 8.74. The van der Waals surface area contributed by atoms with E-state index in [4.69, 9.17) is 33.3 Å². The van der Waals surface area contributed by atoms with Gasteiger partial charge in [0.05, 0.1) is 19.8 Å². The fourth-order valence-corrected chi connectivity index (χ4v) is 5.89. The van der Waals surface area contributed by atoms with Crippen LogP contribution in [0.1, 0.15) is 96.0 Å². The predicted octanol–water partition coefficient (Wildman–Crippen LogP) is 9.03. The van der Waals surface area contributed by atoms with Crippen molar-refractivity contribution >= 4 is 5.91 Å². The highest BCUT2D eigenvalue weighted by Crippen LogP contribution is 2.29. The zero-order valence-electron chi connectivity index (χ0n) is 30.6. The van der Waals surface area contributed by atoms with E-state index in [0.717, 1.165) is 24.8 Å². The van der Waals surface area contributed by atoms with Gasteiger partial charge in [-0.1, -0.05) is 139 Å². The molecular weight excluding hydrogens is 646 g/mol. The molecule has 0 radical (unpaired) electrons. The van der Waals surface area contributed by atoms with Gasteiger partial charge in [0.2, 0.25) is 0 Å². The van der Waals surface area contributed by atoms with Crippen molar-refractivity contribution in [1.29, 1.82) is 0 Å². The van der Waals surface area contributed by atoms with E-state index >= 15 is 0 Å². The van der Waals surface area contributed by atoms with Gasteiger partial charge in [0, 0.05) is 0 Å². The van der Waals surface area contributed by atoms with Gasteiger partial charge in [-0.05, 0) is 36.2 Å². The highest BCUT2D eigenvalue weighted by Gasteiger charge is 2.26. The summed E-state index contributed by atoms with van der Waals surface area (Å²) in [4.78, 5) is 19.2. The first-order chi connectivity index (χ1) is 25.2. The normalized spacial score (nSPS) is 14.8. The minimum atomic E-state index is -0.762. The number of hydroxylamine groups is 1. The van der Waals surface area contributed by atoms with Gasteiger partial charge in [-0.25, -0.2) is 5.48 Å². The van der Waals surface area contributed by atoms with E-state index < -0.39 is 12.2 Å². The Kier molecular flexibility index (Phi) is 19.8. The van der Waals surface area contributed by atoms with E-state index in [-0.39, 0.29) is 25.7 Å². The van der Waals surface area contributed by atoms with Crippen LogP contribution in [0.2, 0.25) is 0 Å². The van der Waals surface area contributed by atoms with Gasteiger partial charge < -0.3 is 28.4 Å². The summed E-state index contributed by atoms with van der Waals surface area (Å²) in [5, 5.41) is 0. The molecule has 1 atom stereocenters. The second kappa shape index (κ2) is 25.2. The molecule has 0 saturated heterocycles. The number of hydrogen-bond donors (Lipinski definition) is 1. The van der Waals surface area contributed by atoms with E-state index in [1.165, 1.54) is 57.8 Å². The molecule has 1 aliphatic rings. The van der Waals surface area contributed by atoms with Gasteiger partial charge in [0.25, 0.3) is 5.91 Å². The summed E-state index contributed by atoms with van der Waals surface area (Å²) < 4.78 is 36.7. The summed E-state index contributed by atoms with van der Waals surface area (Å²) in [6, 6.07) is 24.7. The molecule has 9 heteroatoms. The van der Waals surface area contributed by atoms with Crippen LogP contribution in [-0.4, -0.2) is 57.8 Å². The molecule has 0 fully saturated rings. The molecule has 0 spiro atoms. The van der Waals surface area contributed by atoms with Crippen molar-refractivity contribution in [1.82, 2.24) is 5.48 Å². The van der Waals surface area contributed by atoms with Crippen LogP contribution in [0.5, 0.6) is 23.0 Å². The first-order valence-electron chi connectivity index (χ1n) is 19.1. The fourth-order valence-electron chi connectivity index (χ4n) is 5.89. The predicted molar refractivity (Wildman–Crippen MR) is 199 cm³/mol. The molecular formula is C42H59NO8. The van der Waals surface area contributed by atoms with Crippen molar-refractivity contribution in [3.05, 3.63) is 84.4 Å². The summed E-state index contributed by atoms with van der Waals surface area (Å²) in [7, 11) is 0. The maximum atomic E-state index is 13.6. The van der Waals surface area contributed by atoms with Crippen LogP contribution in [0.4, 0.5) is 0 Å². The minimum absolute atomic E-state index is 0.132. The number of rotatable bonds is 19. The van der Waals surface area contributed by atoms with Crippen molar-refractivity contribution in [3.8, 4) is 23.0 Å². The standard InChI is InChI=1S/C42H59NO8/c1-2-3-4-5-6-7-8-9-10-11-12-16-27-41(42(44)43-50-32-35-21-14-13-15-22-35)51-36-33-48-39-25-19-17-23-37(39)46-30-28-45-29-31-47-38-24-18-20-26-40(38)49-34-36/h13-15,17-26,36,41H,2-12,16,27-34H2,1H3,(H,43,44). The van der Waals surface area contributed by atoms with Crippen LogP contribution in [0.15, 0.2) is 78.9 Å². The average Bonchev–Trinajstić information content (AvgIpc) is 3.16. The summed E-state index contributed by atoms with van der Waals surface area (Å²) in [5.41, 5.74) is 3.61. The van der Waals surface area contributed by atoms with Crippen LogP contribution < -0.4 is 24.4 Å². The number of benzene rings is 3. The smallest absolute Gasteiger partial charge is 0.272 e. The van der Waals surface area contributed by atoms with Gasteiger partial charge in [0.15, 0.2) is 23.0 Å². The van der Waals surface area contributed by atoms with Gasteiger partial charge in [-0.2, -0.15) is 0 Å². The Bertz CT molecular complexity index is 1280. The lowest BCUT2D eigenvalue weighted by Crippen LogP contribution is -2.42. The monoisotopic (exact) mass is 705 g/mol. The number of carbonyl (C=O) groups is 1. The first-order valence-corrected chi connectivity index (χ1v) is 19.1. The van der Waals surface area contributed by atoms with E-state index in [2.05, 4.69) is 12.4 Å². The number of ether oxygens (including phenoxy) is 6. The molecule has 51 heavy (non-hydrogen) atoms. The summed E-state index contributed by atoms with van der Waals surface area (Å²) in [5.74, 6) is 2.04. The number of fused-ring (bicyclic) bond motifs is 2. The molecule has 9 nitrogen and oxygen atoms in total. The molecule has 1 heterocycles. The lowest BCUT2D eigenvalue weighted by atomic mass is 10.0. The molecule has 280 valence electrons. The van der Waals surface area contributed by atoms with Crippen LogP contribution in [0.25, 0.3) is 0 Å². The number of carbonyl (C=O) groups excluding carboxylic acids is 1. The van der Waals surface area contributed by atoms with E-state index in [9.17, 15) is 4.79 Å². The quantitative estimate of drug-likeness (QED) is 0.0976. The molecule has 0 aliphatic carbocycles. The van der Waals surface area contributed by atoms with Gasteiger partial charge in [-0.15, -0.1) is 0 Å². The maximum Gasteiger partial charge on any atom is 0.272 e. The highest BCUT2D eigenvalue weighted by atomic mass is 16.7. The first kappa shape index (κ1) is 40.0. The summed E-state index contributed by atoms with van der Waals surface area (Å²) in [6.45, 7) is 4.32. The van der Waals surface area contributed by atoms with Crippen LogP contribution in [0.3, 0.4) is 0 Å². The molecule has 0 saturated carbocycles. The number of para-hydroxylation sites is 4. The van der Waals surface area contributed by atoms with Gasteiger partial charge >= 0.3 is 0 Å². The lowest BCUT2D eigenvalue weighted by molar-refractivity contribution is -0.153. The van der Waals surface area contributed by atoms with Crippen LogP contribution >= 0.6 is 0 Å². The molecule has 3 aromatic rings. The van der Waals surface area contributed by atoms with Crippen molar-refractivity contribution in [2.45, 2.75) is 109 Å². The Labute approximate surface area is 305 Å². The van der Waals surface area contributed by atoms with E-state index in [1.807, 2.05) is 78.9 Å². The molecule has 1 unspecified atom stereocenters. The van der Waals surface area contributed by atoms with Gasteiger partial charge in [-0.3, -0.25) is 9.63 Å². The number of nitrogens with one attached hydrogen (secondary N) is 1. The molecule has 0 bridgehead atoms. The second-order valence-electron chi connectivity index (χ2n) is 13.0. The van der Waals surface area contributed by atoms with E-state index in [1.54, 1.807) is 0 Å². The Balaban J connectivity index is 1.38. The maximum absolute atomic E-state index is 13.6. The number of unbranched alkanes of at least 4 members (excludes halogenated alkanes) is 11. The minimum Gasteiger partial charge on any atom is -0.487 e. The zero-order chi connectivity index (χ0) is 35.6. The van der Waals surface area contributed by atoms with Crippen molar-refractivity contribution in [3.63, 3.8) is 0 Å². The van der Waals surface area contributed by atoms with Crippen LogP contribution in [-0.2, 0) is 25.7 Å². The molecule has 4 rings (SSSR count). The van der Waals surface area contributed by atoms with Crippen molar-refractivity contribution in [2.24, 2.45) is 0 Å². The van der Waals surface area contributed by atoms with Crippen molar-refractivity contribution in [2.75, 3.05) is 39.6 Å². The van der Waals surface area contributed by atoms with E-state index in [0.29, 0.717) is 55.8 Å². The zero-order valence-corrected chi connectivity index (χ0v) is 30.6.